The van der Waals surface area contributed by atoms with E-state index in [0.717, 1.165) is 32.7 Å². The first-order valence-electron chi connectivity index (χ1n) is 22.1. The van der Waals surface area contributed by atoms with E-state index in [1.54, 1.807) is 4.57 Å². The van der Waals surface area contributed by atoms with E-state index in [4.69, 9.17) is 23.5 Å². The van der Waals surface area contributed by atoms with Crippen LogP contribution in [-0.4, -0.2) is 19.5 Å². The van der Waals surface area contributed by atoms with Gasteiger partial charge in [0.2, 0.25) is 0 Å². The number of fused-ring (bicyclic) bond motifs is 6. The second-order valence-corrected chi connectivity index (χ2v) is 13.4. The largest absolute Gasteiger partial charge is 0.456 e. The molecule has 56 heavy (non-hydrogen) atoms. The lowest BCUT2D eigenvalue weighted by molar-refractivity contribution is 0.669. The van der Waals surface area contributed by atoms with Gasteiger partial charge in [-0.3, -0.25) is 0 Å². The third-order valence-electron chi connectivity index (χ3n) is 10.0. The summed E-state index contributed by atoms with van der Waals surface area (Å²) in [4.78, 5) is 14.4. The van der Waals surface area contributed by atoms with Gasteiger partial charge in [-0.25, -0.2) is 15.0 Å². The highest BCUT2D eigenvalue weighted by molar-refractivity contribution is 6.13. The Labute approximate surface area is 334 Å². The van der Waals surface area contributed by atoms with E-state index in [1.807, 2.05) is 127 Å². The van der Waals surface area contributed by atoms with E-state index in [2.05, 4.69) is 18.2 Å². The molecule has 3 aromatic heterocycles. The fourth-order valence-corrected chi connectivity index (χ4v) is 7.44. The molecule has 0 unspecified atom stereocenters. The minimum atomic E-state index is -0.557. The minimum absolute atomic E-state index is 0.0124. The smallest absolute Gasteiger partial charge is 0.164 e. The molecule has 262 valence electrons. The Hall–Kier alpha value is -7.63. The number of hydrogen-bond acceptors (Lipinski definition) is 4. The third-order valence-corrected chi connectivity index (χ3v) is 10.0. The Balaban J connectivity index is 1.10. The van der Waals surface area contributed by atoms with Crippen LogP contribution in [0.15, 0.2) is 198 Å². The molecule has 0 N–H and O–H groups in total. The third kappa shape index (κ3) is 5.37. The number of nitrogens with zero attached hydrogens (tertiary/aromatic N) is 4. The molecule has 0 saturated heterocycles. The predicted molar refractivity (Wildman–Crippen MR) is 229 cm³/mol. The van der Waals surface area contributed by atoms with Crippen LogP contribution in [0.3, 0.4) is 0 Å². The first-order chi connectivity index (χ1) is 31.1. The van der Waals surface area contributed by atoms with Gasteiger partial charge in [0, 0.05) is 43.9 Å². The average Bonchev–Trinajstić information content (AvgIpc) is 3.87. The lowest BCUT2D eigenvalue weighted by Crippen LogP contribution is -2.00. The molecule has 11 rings (SSSR count). The van der Waals surface area contributed by atoms with Crippen LogP contribution >= 0.6 is 0 Å². The molecule has 0 atom stereocenters. The molecule has 0 bridgehead atoms. The maximum absolute atomic E-state index is 9.56. The highest BCUT2D eigenvalue weighted by Gasteiger charge is 2.17. The molecule has 0 radical (unpaired) electrons. The summed E-state index contributed by atoms with van der Waals surface area (Å²) < 4.78 is 82.3. The fraction of sp³-hybridized carbons (Fsp3) is 0. The van der Waals surface area contributed by atoms with Crippen molar-refractivity contribution in [3.63, 3.8) is 0 Å². The molecular weight excluding hydrogens is 685 g/mol. The summed E-state index contributed by atoms with van der Waals surface area (Å²) in [5.74, 6) is 0.326. The van der Waals surface area contributed by atoms with Gasteiger partial charge in [0.05, 0.1) is 22.0 Å². The van der Waals surface area contributed by atoms with E-state index in [1.165, 1.54) is 0 Å². The van der Waals surface area contributed by atoms with E-state index >= 15 is 0 Å². The number of para-hydroxylation sites is 2. The zero-order chi connectivity index (χ0) is 44.0. The molecule has 5 nitrogen and oxygen atoms in total. The summed E-state index contributed by atoms with van der Waals surface area (Å²) in [6, 6.07) is 41.9. The van der Waals surface area contributed by atoms with Gasteiger partial charge in [0.15, 0.2) is 17.5 Å². The van der Waals surface area contributed by atoms with E-state index in [0.29, 0.717) is 33.3 Å². The zero-order valence-electron chi connectivity index (χ0n) is 37.6. The van der Waals surface area contributed by atoms with Crippen molar-refractivity contribution in [2.24, 2.45) is 0 Å². The van der Waals surface area contributed by atoms with Crippen molar-refractivity contribution in [3.05, 3.63) is 194 Å². The molecule has 0 aliphatic heterocycles. The molecule has 0 fully saturated rings. The Morgan fingerprint density at radius 3 is 1.75 bits per heavy atom. The van der Waals surface area contributed by atoms with Crippen LogP contribution in [0.25, 0.3) is 106 Å². The monoisotopic (exact) mass is 724 g/mol. The minimum Gasteiger partial charge on any atom is -0.456 e. The fourth-order valence-electron chi connectivity index (χ4n) is 7.44. The van der Waals surface area contributed by atoms with Crippen molar-refractivity contribution in [2.45, 2.75) is 0 Å². The van der Waals surface area contributed by atoms with E-state index < -0.39 is 36.3 Å². The summed E-state index contributed by atoms with van der Waals surface area (Å²) in [6.07, 6.45) is 0. The molecule has 0 aliphatic carbocycles. The van der Waals surface area contributed by atoms with Gasteiger partial charge in [-0.1, -0.05) is 152 Å². The van der Waals surface area contributed by atoms with Crippen LogP contribution in [0, 0.1) is 0 Å². The number of aromatic nitrogens is 4. The normalized spacial score (nSPS) is 13.6. The number of hydrogen-bond donors (Lipinski definition) is 0. The standard InChI is InChI=1S/C51H32N4O/c1-3-13-34(14-4-1)40-21-12-24-46-48(40)43-30-29-38(32-47(43)56-46)51-53-49(35-15-5-2-6-16-35)52-50(54-51)36-27-25-33(26-28-36)37-17-11-18-39(31-37)55-44-22-9-7-19-41(44)42-20-8-10-23-45(42)55/h1-32H/i11D,17D,18D,25D,26D,27D,28D,31D. The second-order valence-electron chi connectivity index (χ2n) is 13.4. The van der Waals surface area contributed by atoms with Gasteiger partial charge < -0.3 is 8.98 Å². The van der Waals surface area contributed by atoms with Crippen molar-refractivity contribution in [3.8, 4) is 62.1 Å². The second kappa shape index (κ2) is 13.0. The molecule has 3 heterocycles. The Bertz CT molecular complexity index is 3640. The molecule has 8 aromatic carbocycles. The molecule has 5 heteroatoms. The molecule has 11 aromatic rings. The first kappa shape index (κ1) is 24.6. The molecule has 0 amide bonds. The lowest BCUT2D eigenvalue weighted by Gasteiger charge is -2.11. The van der Waals surface area contributed by atoms with E-state index in [9.17, 15) is 6.85 Å². The quantitative estimate of drug-likeness (QED) is 0.171. The summed E-state index contributed by atoms with van der Waals surface area (Å²) in [5, 5.41) is 3.57. The van der Waals surface area contributed by atoms with Gasteiger partial charge in [-0.15, -0.1) is 0 Å². The topological polar surface area (TPSA) is 56.7 Å². The van der Waals surface area contributed by atoms with Crippen LogP contribution in [0.1, 0.15) is 11.0 Å². The highest BCUT2D eigenvalue weighted by atomic mass is 16.3. The van der Waals surface area contributed by atoms with Crippen LogP contribution in [-0.2, 0) is 0 Å². The van der Waals surface area contributed by atoms with Crippen LogP contribution in [0.2, 0.25) is 0 Å². The van der Waals surface area contributed by atoms with Gasteiger partial charge in [-0.2, -0.15) is 0 Å². The molecule has 0 spiro atoms. The lowest BCUT2D eigenvalue weighted by atomic mass is 9.99. The van der Waals surface area contributed by atoms with Crippen molar-refractivity contribution in [2.75, 3.05) is 0 Å². The number of rotatable bonds is 6. The predicted octanol–water partition coefficient (Wildman–Crippen LogP) is 13.2. The Morgan fingerprint density at radius 2 is 1.04 bits per heavy atom. The number of furan rings is 1. The Kier molecular flexibility index (Phi) is 5.74. The SMILES string of the molecule is [2H]c1c([2H])c(-c2c([2H])c([2H])c(-c3nc(-c4ccccc4)nc(-c4ccc5c(c4)oc4cccc(-c6ccccc6)c45)n3)c([2H])c2[2H])c([2H])c(-n2c3ccccc3c3ccccc32)c1[2H]. The van der Waals surface area contributed by atoms with Crippen molar-refractivity contribution in [1.29, 1.82) is 0 Å². The number of benzene rings is 8. The van der Waals surface area contributed by atoms with Gasteiger partial charge in [0.1, 0.15) is 11.2 Å². The maximum atomic E-state index is 9.56. The van der Waals surface area contributed by atoms with Crippen molar-refractivity contribution in [1.82, 2.24) is 19.5 Å². The van der Waals surface area contributed by atoms with Crippen LogP contribution in [0.5, 0.6) is 0 Å². The van der Waals surface area contributed by atoms with Crippen molar-refractivity contribution >= 4 is 43.7 Å². The summed E-state index contributed by atoms with van der Waals surface area (Å²) in [6.45, 7) is 0. The van der Waals surface area contributed by atoms with Crippen molar-refractivity contribution < 1.29 is 15.4 Å². The molecular formula is C51H32N4O. The summed E-state index contributed by atoms with van der Waals surface area (Å²) in [7, 11) is 0. The molecule has 0 aliphatic rings. The summed E-state index contributed by atoms with van der Waals surface area (Å²) >= 11 is 0. The average molecular weight is 725 g/mol. The highest BCUT2D eigenvalue weighted by Crippen LogP contribution is 2.39. The van der Waals surface area contributed by atoms with Crippen LogP contribution in [0.4, 0.5) is 0 Å². The Morgan fingerprint density at radius 1 is 0.429 bits per heavy atom. The van der Waals surface area contributed by atoms with Crippen LogP contribution < -0.4 is 0 Å². The maximum Gasteiger partial charge on any atom is 0.164 e. The summed E-state index contributed by atoms with van der Waals surface area (Å²) in [5.41, 5.74) is 5.06. The van der Waals surface area contributed by atoms with E-state index in [-0.39, 0.29) is 51.9 Å². The van der Waals surface area contributed by atoms with Gasteiger partial charge in [0.25, 0.3) is 0 Å². The molecule has 0 saturated carbocycles. The first-order valence-corrected chi connectivity index (χ1v) is 18.1. The zero-order valence-corrected chi connectivity index (χ0v) is 29.6. The van der Waals surface area contributed by atoms with Gasteiger partial charge >= 0.3 is 0 Å². The van der Waals surface area contributed by atoms with Gasteiger partial charge in [-0.05, 0) is 64.7 Å².